The van der Waals surface area contributed by atoms with Crippen molar-refractivity contribution in [3.8, 4) is 5.75 Å². The average molecular weight is 558 g/mol. The van der Waals surface area contributed by atoms with Crippen molar-refractivity contribution in [2.75, 3.05) is 0 Å². The number of nitrogens with zero attached hydrogens (tertiary/aromatic N) is 1. The standard InChI is InChI=1S/C28H29F6NO4/c29-27(30,31)18-7-9-21(10-8-18)39-23-11-6-15-4-5-16(14-22(15)24(23)28(32,33)34)25(36)35-19-2-1-3-20(35)13-17(12-19)26(37)38/h4-6,11,14,17-21H,1-3,7-10,12-13H2,(H,37,38). The number of carbonyl (C=O) groups excluding carboxylic acids is 1. The van der Waals surface area contributed by atoms with Crippen LogP contribution in [0.5, 0.6) is 5.75 Å². The molecule has 1 N–H and O–H groups in total. The Morgan fingerprint density at radius 2 is 1.49 bits per heavy atom. The van der Waals surface area contributed by atoms with Crippen LogP contribution < -0.4 is 4.74 Å². The van der Waals surface area contributed by atoms with E-state index in [1.165, 1.54) is 30.3 Å². The van der Waals surface area contributed by atoms with Gasteiger partial charge in [-0.3, -0.25) is 9.59 Å². The number of fused-ring (bicyclic) bond motifs is 3. The van der Waals surface area contributed by atoms with Gasteiger partial charge >= 0.3 is 18.3 Å². The molecule has 39 heavy (non-hydrogen) atoms. The predicted octanol–water partition coefficient (Wildman–Crippen LogP) is 7.22. The smallest absolute Gasteiger partial charge is 0.420 e. The van der Waals surface area contributed by atoms with E-state index in [4.69, 9.17) is 4.74 Å². The minimum Gasteiger partial charge on any atom is -0.490 e. The van der Waals surface area contributed by atoms with Gasteiger partial charge in [-0.2, -0.15) is 26.3 Å². The van der Waals surface area contributed by atoms with Gasteiger partial charge in [-0.15, -0.1) is 0 Å². The fraction of sp³-hybridized carbons (Fsp3) is 0.571. The van der Waals surface area contributed by atoms with Crippen molar-refractivity contribution in [1.29, 1.82) is 0 Å². The topological polar surface area (TPSA) is 66.8 Å². The van der Waals surface area contributed by atoms with Gasteiger partial charge in [0.05, 0.1) is 17.9 Å². The van der Waals surface area contributed by atoms with E-state index < -0.39 is 53.5 Å². The van der Waals surface area contributed by atoms with E-state index in [-0.39, 0.29) is 54.1 Å². The average Bonchev–Trinajstić information content (AvgIpc) is 2.86. The lowest BCUT2D eigenvalue weighted by Gasteiger charge is -2.48. The second kappa shape index (κ2) is 10.2. The van der Waals surface area contributed by atoms with Crippen LogP contribution >= 0.6 is 0 Å². The lowest BCUT2D eigenvalue weighted by molar-refractivity contribution is -0.185. The number of hydrogen-bond donors (Lipinski definition) is 1. The van der Waals surface area contributed by atoms with Gasteiger partial charge in [-0.05, 0) is 86.8 Å². The number of piperidine rings is 2. The number of carboxylic acid groups (broad SMARTS) is 1. The highest BCUT2D eigenvalue weighted by Crippen LogP contribution is 2.45. The minimum absolute atomic E-state index is 0.00683. The molecule has 5 rings (SSSR count). The monoisotopic (exact) mass is 557 g/mol. The van der Waals surface area contributed by atoms with E-state index in [1.54, 1.807) is 4.90 Å². The third-order valence-electron chi connectivity index (χ3n) is 8.50. The number of benzene rings is 2. The molecule has 2 saturated heterocycles. The van der Waals surface area contributed by atoms with Crippen LogP contribution in [-0.2, 0) is 11.0 Å². The van der Waals surface area contributed by atoms with Crippen molar-refractivity contribution in [3.63, 3.8) is 0 Å². The van der Waals surface area contributed by atoms with Gasteiger partial charge < -0.3 is 14.7 Å². The largest absolute Gasteiger partial charge is 0.490 e. The van der Waals surface area contributed by atoms with Crippen molar-refractivity contribution in [2.45, 2.75) is 88.3 Å². The first-order valence-electron chi connectivity index (χ1n) is 13.3. The molecule has 1 aliphatic carbocycles. The summed E-state index contributed by atoms with van der Waals surface area (Å²) in [5.74, 6) is -3.83. The fourth-order valence-corrected chi connectivity index (χ4v) is 6.57. The van der Waals surface area contributed by atoms with Gasteiger partial charge in [0.25, 0.3) is 5.91 Å². The fourth-order valence-electron chi connectivity index (χ4n) is 6.57. The SMILES string of the molecule is O=C(O)C1CC2CCCC(C1)N2C(=O)c1ccc2ccc(OC3CCC(C(F)(F)F)CC3)c(C(F)(F)F)c2c1. The summed E-state index contributed by atoms with van der Waals surface area (Å²) < 4.78 is 87.8. The van der Waals surface area contributed by atoms with E-state index in [9.17, 15) is 41.0 Å². The van der Waals surface area contributed by atoms with Crippen molar-refractivity contribution < 1.29 is 45.8 Å². The molecule has 2 aromatic rings. The summed E-state index contributed by atoms with van der Waals surface area (Å²) in [6.07, 6.45) is -7.61. The maximum Gasteiger partial charge on any atom is 0.420 e. The van der Waals surface area contributed by atoms with Crippen LogP contribution in [0.15, 0.2) is 30.3 Å². The van der Waals surface area contributed by atoms with Crippen molar-refractivity contribution >= 4 is 22.6 Å². The van der Waals surface area contributed by atoms with E-state index in [0.717, 1.165) is 6.42 Å². The highest BCUT2D eigenvalue weighted by atomic mass is 19.4. The Labute approximate surface area is 221 Å². The highest BCUT2D eigenvalue weighted by Gasteiger charge is 2.45. The first kappa shape index (κ1) is 27.6. The molecule has 2 atom stereocenters. The van der Waals surface area contributed by atoms with Gasteiger partial charge in [-0.1, -0.05) is 12.1 Å². The third kappa shape index (κ3) is 5.54. The van der Waals surface area contributed by atoms with Gasteiger partial charge in [0, 0.05) is 17.6 Å². The molecule has 1 saturated carbocycles. The second-order valence-corrected chi connectivity index (χ2v) is 11.0. The number of halogens is 6. The van der Waals surface area contributed by atoms with E-state index in [1.807, 2.05) is 0 Å². The Bertz CT molecular complexity index is 1240. The minimum atomic E-state index is -4.84. The highest BCUT2D eigenvalue weighted by molar-refractivity contribution is 6.00. The lowest BCUT2D eigenvalue weighted by atomic mass is 9.78. The molecule has 0 spiro atoms. The molecule has 3 fully saturated rings. The molecular weight excluding hydrogens is 528 g/mol. The Hall–Kier alpha value is -2.98. The maximum absolute atomic E-state index is 14.4. The van der Waals surface area contributed by atoms with Crippen LogP contribution in [0.1, 0.15) is 73.7 Å². The Morgan fingerprint density at radius 1 is 0.872 bits per heavy atom. The van der Waals surface area contributed by atoms with Gasteiger partial charge in [0.1, 0.15) is 11.3 Å². The number of ether oxygens (including phenoxy) is 1. The van der Waals surface area contributed by atoms with Crippen molar-refractivity contribution in [2.24, 2.45) is 11.8 Å². The summed E-state index contributed by atoms with van der Waals surface area (Å²) in [6.45, 7) is 0. The van der Waals surface area contributed by atoms with E-state index >= 15 is 0 Å². The molecule has 2 heterocycles. The molecule has 0 aromatic heterocycles. The summed E-state index contributed by atoms with van der Waals surface area (Å²) in [5, 5.41) is 9.51. The van der Waals surface area contributed by atoms with Crippen LogP contribution in [0.2, 0.25) is 0 Å². The maximum atomic E-state index is 14.4. The summed E-state index contributed by atoms with van der Waals surface area (Å²) in [5.41, 5.74) is -0.987. The molecular formula is C28H29F6NO4. The number of carboxylic acids is 1. The van der Waals surface area contributed by atoms with Crippen LogP contribution in [0, 0.1) is 11.8 Å². The Kier molecular flexibility index (Phi) is 7.22. The molecule has 2 aliphatic heterocycles. The van der Waals surface area contributed by atoms with Crippen LogP contribution in [-0.4, -0.2) is 46.2 Å². The number of alkyl halides is 6. The van der Waals surface area contributed by atoms with Crippen molar-refractivity contribution in [3.05, 3.63) is 41.5 Å². The number of hydrogen-bond acceptors (Lipinski definition) is 3. The third-order valence-corrected chi connectivity index (χ3v) is 8.50. The zero-order chi connectivity index (χ0) is 28.1. The molecule has 2 aromatic carbocycles. The van der Waals surface area contributed by atoms with Crippen LogP contribution in [0.25, 0.3) is 10.8 Å². The number of aliphatic carboxylic acids is 1. The lowest BCUT2D eigenvalue weighted by Crippen LogP contribution is -2.55. The Balaban J connectivity index is 1.44. The summed E-state index contributed by atoms with van der Waals surface area (Å²) in [7, 11) is 0. The molecule has 1 amide bonds. The number of carbonyl (C=O) groups is 2. The van der Waals surface area contributed by atoms with E-state index in [2.05, 4.69) is 0 Å². The molecule has 11 heteroatoms. The zero-order valence-electron chi connectivity index (χ0n) is 21.0. The van der Waals surface area contributed by atoms with Crippen molar-refractivity contribution in [1.82, 2.24) is 4.90 Å². The number of amides is 1. The van der Waals surface area contributed by atoms with E-state index in [0.29, 0.717) is 25.7 Å². The molecule has 5 nitrogen and oxygen atoms in total. The Morgan fingerprint density at radius 3 is 2.05 bits per heavy atom. The molecule has 212 valence electrons. The summed E-state index contributed by atoms with van der Waals surface area (Å²) in [6, 6.07) is 6.17. The van der Waals surface area contributed by atoms with Gasteiger partial charge in [-0.25, -0.2) is 0 Å². The predicted molar refractivity (Wildman–Crippen MR) is 129 cm³/mol. The molecule has 0 radical (unpaired) electrons. The van der Waals surface area contributed by atoms with Crippen LogP contribution in [0.3, 0.4) is 0 Å². The molecule has 2 unspecified atom stereocenters. The quantitative estimate of drug-likeness (QED) is 0.403. The summed E-state index contributed by atoms with van der Waals surface area (Å²) in [4.78, 5) is 26.8. The second-order valence-electron chi connectivity index (χ2n) is 11.0. The zero-order valence-corrected chi connectivity index (χ0v) is 21.0. The van der Waals surface area contributed by atoms with Gasteiger partial charge in [0.15, 0.2) is 0 Å². The molecule has 2 bridgehead atoms. The molecule has 3 aliphatic rings. The first-order chi connectivity index (χ1) is 18.3. The van der Waals surface area contributed by atoms with Gasteiger partial charge in [0.2, 0.25) is 0 Å². The normalized spacial score (nSPS) is 27.8. The first-order valence-corrected chi connectivity index (χ1v) is 13.3. The van der Waals surface area contributed by atoms with Crippen LogP contribution in [0.4, 0.5) is 26.3 Å². The number of rotatable bonds is 4. The summed E-state index contributed by atoms with van der Waals surface area (Å²) >= 11 is 0.